The molecule has 0 unspecified atom stereocenters. The van der Waals surface area contributed by atoms with Crippen LogP contribution in [0.2, 0.25) is 0 Å². The van der Waals surface area contributed by atoms with Gasteiger partial charge in [0.25, 0.3) is 0 Å². The van der Waals surface area contributed by atoms with Crippen molar-refractivity contribution in [3.8, 4) is 0 Å². The second kappa shape index (κ2) is 3.82. The number of aryl methyl sites for hydroxylation is 1. The van der Waals surface area contributed by atoms with Gasteiger partial charge in [0.2, 0.25) is 0 Å². The van der Waals surface area contributed by atoms with Gasteiger partial charge in [0, 0.05) is 11.6 Å². The van der Waals surface area contributed by atoms with Crippen molar-refractivity contribution in [2.24, 2.45) is 0 Å². The Hall–Kier alpha value is -1.69. The second-order valence-corrected chi connectivity index (χ2v) is 3.99. The van der Waals surface area contributed by atoms with E-state index in [0.717, 1.165) is 5.01 Å². The Morgan fingerprint density at radius 3 is 3.00 bits per heavy atom. The van der Waals surface area contributed by atoms with Crippen molar-refractivity contribution in [1.29, 1.82) is 0 Å². The molecule has 2 rings (SSSR count). The Bertz CT molecular complexity index is 476. The van der Waals surface area contributed by atoms with Crippen LogP contribution in [0.15, 0.2) is 17.8 Å². The van der Waals surface area contributed by atoms with E-state index in [4.69, 9.17) is 5.11 Å². The SMILES string of the molecule is Cc1ncc(C(=O)O)n1Cc1nccs1. The molecule has 2 aromatic heterocycles. The van der Waals surface area contributed by atoms with E-state index in [1.54, 1.807) is 17.7 Å². The highest BCUT2D eigenvalue weighted by atomic mass is 32.1. The zero-order valence-electron chi connectivity index (χ0n) is 8.04. The average molecular weight is 223 g/mol. The molecule has 0 saturated heterocycles. The molecule has 0 amide bonds. The van der Waals surface area contributed by atoms with Crippen molar-refractivity contribution < 1.29 is 9.90 Å². The van der Waals surface area contributed by atoms with Gasteiger partial charge < -0.3 is 9.67 Å². The van der Waals surface area contributed by atoms with E-state index in [2.05, 4.69) is 9.97 Å². The van der Waals surface area contributed by atoms with Gasteiger partial charge in [-0.3, -0.25) is 0 Å². The summed E-state index contributed by atoms with van der Waals surface area (Å²) in [5, 5.41) is 11.7. The Labute approximate surface area is 90.0 Å². The minimum atomic E-state index is -0.966. The summed E-state index contributed by atoms with van der Waals surface area (Å²) in [7, 11) is 0. The monoisotopic (exact) mass is 223 g/mol. The number of hydrogen-bond donors (Lipinski definition) is 1. The summed E-state index contributed by atoms with van der Waals surface area (Å²) in [6.07, 6.45) is 3.07. The molecule has 0 aliphatic carbocycles. The van der Waals surface area contributed by atoms with Gasteiger partial charge in [-0.15, -0.1) is 11.3 Å². The van der Waals surface area contributed by atoms with Gasteiger partial charge in [-0.2, -0.15) is 0 Å². The number of hydrogen-bond acceptors (Lipinski definition) is 4. The van der Waals surface area contributed by atoms with E-state index in [1.165, 1.54) is 17.5 Å². The minimum absolute atomic E-state index is 0.197. The lowest BCUT2D eigenvalue weighted by atomic mass is 10.4. The maximum absolute atomic E-state index is 10.9. The Morgan fingerprint density at radius 2 is 2.40 bits per heavy atom. The molecule has 1 N–H and O–H groups in total. The summed E-state index contributed by atoms with van der Waals surface area (Å²) >= 11 is 1.50. The first-order valence-electron chi connectivity index (χ1n) is 4.32. The summed E-state index contributed by atoms with van der Waals surface area (Å²) in [5.41, 5.74) is 0.197. The van der Waals surface area contributed by atoms with E-state index in [9.17, 15) is 4.79 Å². The normalized spacial score (nSPS) is 10.5. The van der Waals surface area contributed by atoms with Gasteiger partial charge in [0.05, 0.1) is 12.7 Å². The van der Waals surface area contributed by atoms with Crippen LogP contribution in [-0.4, -0.2) is 25.6 Å². The molecular weight excluding hydrogens is 214 g/mol. The van der Waals surface area contributed by atoms with E-state index < -0.39 is 5.97 Å². The van der Waals surface area contributed by atoms with Crippen LogP contribution in [0.1, 0.15) is 21.3 Å². The minimum Gasteiger partial charge on any atom is -0.477 e. The van der Waals surface area contributed by atoms with Crippen LogP contribution in [0.5, 0.6) is 0 Å². The van der Waals surface area contributed by atoms with Gasteiger partial charge >= 0.3 is 5.97 Å². The first-order valence-corrected chi connectivity index (χ1v) is 5.20. The topological polar surface area (TPSA) is 68.0 Å². The predicted octanol–water partition coefficient (Wildman–Crippen LogP) is 1.39. The van der Waals surface area contributed by atoms with Crippen LogP contribution >= 0.6 is 11.3 Å². The summed E-state index contributed by atoms with van der Waals surface area (Å²) in [6, 6.07) is 0. The molecule has 0 aliphatic heterocycles. The molecule has 0 aromatic carbocycles. The van der Waals surface area contributed by atoms with Crippen LogP contribution in [0.25, 0.3) is 0 Å². The molecule has 78 valence electrons. The Kier molecular flexibility index (Phi) is 2.51. The van der Waals surface area contributed by atoms with E-state index in [1.807, 2.05) is 5.38 Å². The molecule has 5 nitrogen and oxygen atoms in total. The third kappa shape index (κ3) is 1.89. The highest BCUT2D eigenvalue weighted by molar-refractivity contribution is 7.09. The predicted molar refractivity (Wildman–Crippen MR) is 55.1 cm³/mol. The summed E-state index contributed by atoms with van der Waals surface area (Å²) < 4.78 is 1.64. The molecule has 15 heavy (non-hydrogen) atoms. The number of thiazole rings is 1. The number of rotatable bonds is 3. The summed E-state index contributed by atoms with van der Waals surface area (Å²) in [5.74, 6) is -0.283. The number of carboxylic acid groups (broad SMARTS) is 1. The van der Waals surface area contributed by atoms with Gasteiger partial charge in [-0.25, -0.2) is 14.8 Å². The highest BCUT2D eigenvalue weighted by Crippen LogP contribution is 2.11. The zero-order valence-corrected chi connectivity index (χ0v) is 8.86. The number of aromatic nitrogens is 3. The smallest absolute Gasteiger partial charge is 0.354 e. The lowest BCUT2D eigenvalue weighted by Crippen LogP contribution is -2.10. The standard InChI is InChI=1S/C9H9N3O2S/c1-6-11-4-7(9(13)14)12(6)5-8-10-2-3-15-8/h2-4H,5H2,1H3,(H,13,14). The van der Waals surface area contributed by atoms with Crippen molar-refractivity contribution in [2.75, 3.05) is 0 Å². The Morgan fingerprint density at radius 1 is 1.60 bits per heavy atom. The molecule has 0 spiro atoms. The lowest BCUT2D eigenvalue weighted by Gasteiger charge is -2.04. The number of carbonyl (C=O) groups is 1. The van der Waals surface area contributed by atoms with Crippen LogP contribution in [0.4, 0.5) is 0 Å². The molecule has 0 radical (unpaired) electrons. The van der Waals surface area contributed by atoms with Crippen LogP contribution in [-0.2, 0) is 6.54 Å². The average Bonchev–Trinajstić information content (AvgIpc) is 2.78. The quantitative estimate of drug-likeness (QED) is 0.853. The lowest BCUT2D eigenvalue weighted by molar-refractivity contribution is 0.0685. The van der Waals surface area contributed by atoms with Gasteiger partial charge in [0.1, 0.15) is 16.5 Å². The van der Waals surface area contributed by atoms with E-state index >= 15 is 0 Å². The summed E-state index contributed by atoms with van der Waals surface area (Å²) in [4.78, 5) is 19.0. The van der Waals surface area contributed by atoms with Crippen LogP contribution in [0.3, 0.4) is 0 Å². The first kappa shape index (κ1) is 9.85. The first-order chi connectivity index (χ1) is 7.18. The molecule has 0 aliphatic rings. The fourth-order valence-electron chi connectivity index (χ4n) is 1.30. The van der Waals surface area contributed by atoms with E-state index in [0.29, 0.717) is 12.4 Å². The summed E-state index contributed by atoms with van der Waals surface area (Å²) in [6.45, 7) is 2.24. The Balaban J connectivity index is 2.35. The zero-order chi connectivity index (χ0) is 10.8. The third-order valence-electron chi connectivity index (χ3n) is 2.05. The van der Waals surface area contributed by atoms with Crippen molar-refractivity contribution in [1.82, 2.24) is 14.5 Å². The number of aromatic carboxylic acids is 1. The third-order valence-corrected chi connectivity index (χ3v) is 2.82. The van der Waals surface area contributed by atoms with E-state index in [-0.39, 0.29) is 5.69 Å². The number of carboxylic acids is 1. The van der Waals surface area contributed by atoms with Gasteiger partial charge in [-0.05, 0) is 6.92 Å². The molecule has 0 atom stereocenters. The van der Waals surface area contributed by atoms with Crippen molar-refractivity contribution >= 4 is 17.3 Å². The van der Waals surface area contributed by atoms with Crippen LogP contribution in [0, 0.1) is 6.92 Å². The maximum atomic E-state index is 10.9. The molecular formula is C9H9N3O2S. The van der Waals surface area contributed by atoms with Gasteiger partial charge in [0.15, 0.2) is 0 Å². The fourth-order valence-corrected chi connectivity index (χ4v) is 1.91. The maximum Gasteiger partial charge on any atom is 0.354 e. The second-order valence-electron chi connectivity index (χ2n) is 3.01. The number of imidazole rings is 1. The van der Waals surface area contributed by atoms with Gasteiger partial charge in [-0.1, -0.05) is 0 Å². The van der Waals surface area contributed by atoms with Crippen molar-refractivity contribution in [3.05, 3.63) is 34.3 Å². The molecule has 6 heteroatoms. The number of nitrogens with zero attached hydrogens (tertiary/aromatic N) is 3. The van der Waals surface area contributed by atoms with Crippen LogP contribution < -0.4 is 0 Å². The van der Waals surface area contributed by atoms with Crippen molar-refractivity contribution in [3.63, 3.8) is 0 Å². The fraction of sp³-hybridized carbons (Fsp3) is 0.222. The highest BCUT2D eigenvalue weighted by Gasteiger charge is 2.13. The molecule has 2 heterocycles. The molecule has 0 bridgehead atoms. The molecule has 0 saturated carbocycles. The largest absolute Gasteiger partial charge is 0.477 e. The van der Waals surface area contributed by atoms with Crippen molar-refractivity contribution in [2.45, 2.75) is 13.5 Å². The molecule has 0 fully saturated rings. The molecule has 2 aromatic rings.